The summed E-state index contributed by atoms with van der Waals surface area (Å²) in [6.45, 7) is 3.75. The fraction of sp³-hybridized carbons (Fsp3) is 0.350. The first-order valence-corrected chi connectivity index (χ1v) is 11.5. The van der Waals surface area contributed by atoms with Gasteiger partial charge in [0.2, 0.25) is 15.9 Å². The van der Waals surface area contributed by atoms with Crippen LogP contribution in [0.25, 0.3) is 0 Å². The van der Waals surface area contributed by atoms with Crippen molar-refractivity contribution in [1.29, 1.82) is 0 Å². The summed E-state index contributed by atoms with van der Waals surface area (Å²) in [7, 11) is -3.68. The van der Waals surface area contributed by atoms with E-state index in [4.69, 9.17) is 23.2 Å². The Balaban J connectivity index is 2.06. The zero-order valence-electron chi connectivity index (χ0n) is 16.1. The highest BCUT2D eigenvalue weighted by molar-refractivity contribution is 7.92. The third-order valence-corrected chi connectivity index (χ3v) is 6.21. The number of nitrogens with zero attached hydrogens (tertiary/aromatic N) is 1. The monoisotopic (exact) mass is 442 g/mol. The number of carbonyl (C=O) groups is 1. The largest absolute Gasteiger partial charge is 0.354 e. The predicted molar refractivity (Wildman–Crippen MR) is 116 cm³/mol. The van der Waals surface area contributed by atoms with Crippen molar-refractivity contribution in [2.45, 2.75) is 32.7 Å². The van der Waals surface area contributed by atoms with Crippen molar-refractivity contribution in [3.05, 3.63) is 63.6 Å². The Bertz CT molecular complexity index is 948. The number of hydrogen-bond acceptors (Lipinski definition) is 3. The number of rotatable bonds is 8. The highest BCUT2D eigenvalue weighted by Crippen LogP contribution is 2.28. The minimum Gasteiger partial charge on any atom is -0.354 e. The molecular formula is C20H24Cl2N2O3S. The Morgan fingerprint density at radius 2 is 1.86 bits per heavy atom. The summed E-state index contributed by atoms with van der Waals surface area (Å²) in [6.07, 6.45) is 2.49. The van der Waals surface area contributed by atoms with Crippen molar-refractivity contribution in [3.63, 3.8) is 0 Å². The van der Waals surface area contributed by atoms with Gasteiger partial charge in [-0.1, -0.05) is 47.5 Å². The van der Waals surface area contributed by atoms with Crippen LogP contribution in [-0.2, 0) is 21.2 Å². The van der Waals surface area contributed by atoms with E-state index < -0.39 is 16.1 Å². The molecule has 5 nitrogen and oxygen atoms in total. The van der Waals surface area contributed by atoms with E-state index in [0.29, 0.717) is 34.3 Å². The molecular weight excluding hydrogens is 419 g/mol. The van der Waals surface area contributed by atoms with Crippen LogP contribution in [-0.4, -0.2) is 33.2 Å². The number of anilines is 1. The van der Waals surface area contributed by atoms with Gasteiger partial charge in [-0.2, -0.15) is 0 Å². The van der Waals surface area contributed by atoms with Crippen LogP contribution in [0.1, 0.15) is 24.5 Å². The summed E-state index contributed by atoms with van der Waals surface area (Å²) in [5.41, 5.74) is 2.13. The molecule has 0 radical (unpaired) electrons. The lowest BCUT2D eigenvalue weighted by Crippen LogP contribution is -2.48. The summed E-state index contributed by atoms with van der Waals surface area (Å²) in [6, 6.07) is 11.6. The number of halogens is 2. The molecule has 1 atom stereocenters. The maximum atomic E-state index is 12.6. The third-order valence-electron chi connectivity index (χ3n) is 4.38. The van der Waals surface area contributed by atoms with Gasteiger partial charge in [0.05, 0.1) is 11.9 Å². The number of nitrogens with one attached hydrogen (secondary N) is 1. The second kappa shape index (κ2) is 9.63. The van der Waals surface area contributed by atoms with Crippen LogP contribution in [0.4, 0.5) is 5.69 Å². The number of carbonyl (C=O) groups excluding carboxylic acids is 1. The van der Waals surface area contributed by atoms with Gasteiger partial charge in [0.15, 0.2) is 0 Å². The van der Waals surface area contributed by atoms with Crippen molar-refractivity contribution in [3.8, 4) is 0 Å². The van der Waals surface area contributed by atoms with Crippen molar-refractivity contribution >= 4 is 44.8 Å². The van der Waals surface area contributed by atoms with Gasteiger partial charge in [0.1, 0.15) is 6.04 Å². The van der Waals surface area contributed by atoms with Crippen molar-refractivity contribution < 1.29 is 13.2 Å². The van der Waals surface area contributed by atoms with Crippen LogP contribution in [0, 0.1) is 6.92 Å². The van der Waals surface area contributed by atoms with E-state index in [1.54, 1.807) is 32.0 Å². The molecule has 0 aliphatic carbocycles. The van der Waals surface area contributed by atoms with Crippen LogP contribution in [0.2, 0.25) is 10.0 Å². The lowest BCUT2D eigenvalue weighted by molar-refractivity contribution is -0.121. The Kier molecular flexibility index (Phi) is 7.75. The summed E-state index contributed by atoms with van der Waals surface area (Å²) in [5.74, 6) is -0.371. The molecule has 0 saturated heterocycles. The summed E-state index contributed by atoms with van der Waals surface area (Å²) >= 11 is 12.2. The molecule has 2 rings (SSSR count). The maximum Gasteiger partial charge on any atom is 0.243 e. The van der Waals surface area contributed by atoms with Crippen LogP contribution >= 0.6 is 23.2 Å². The van der Waals surface area contributed by atoms with E-state index in [2.05, 4.69) is 5.32 Å². The van der Waals surface area contributed by atoms with E-state index >= 15 is 0 Å². The average Bonchev–Trinajstić information content (AvgIpc) is 2.61. The van der Waals surface area contributed by atoms with Gasteiger partial charge in [-0.3, -0.25) is 9.10 Å². The molecule has 8 heteroatoms. The van der Waals surface area contributed by atoms with Gasteiger partial charge in [-0.05, 0) is 56.0 Å². The summed E-state index contributed by atoms with van der Waals surface area (Å²) in [4.78, 5) is 12.6. The Morgan fingerprint density at radius 1 is 1.18 bits per heavy atom. The molecule has 2 aromatic rings. The summed E-state index contributed by atoms with van der Waals surface area (Å²) in [5, 5.41) is 3.91. The molecule has 0 unspecified atom stereocenters. The second-order valence-corrected chi connectivity index (χ2v) is 9.35. The zero-order chi connectivity index (χ0) is 20.9. The Morgan fingerprint density at radius 3 is 2.50 bits per heavy atom. The minimum absolute atomic E-state index is 0.371. The molecule has 0 aromatic heterocycles. The second-order valence-electron chi connectivity index (χ2n) is 6.65. The molecule has 0 heterocycles. The topological polar surface area (TPSA) is 66.5 Å². The van der Waals surface area contributed by atoms with Crippen molar-refractivity contribution in [2.75, 3.05) is 17.1 Å². The molecule has 0 fully saturated rings. The molecule has 0 saturated carbocycles. The molecule has 1 N–H and O–H groups in total. The molecule has 152 valence electrons. The third kappa shape index (κ3) is 5.87. The van der Waals surface area contributed by atoms with Gasteiger partial charge in [-0.15, -0.1) is 0 Å². The highest BCUT2D eigenvalue weighted by atomic mass is 35.5. The molecule has 0 spiro atoms. The number of amides is 1. The quantitative estimate of drug-likeness (QED) is 0.622. The number of benzene rings is 2. The first-order chi connectivity index (χ1) is 13.1. The van der Waals surface area contributed by atoms with E-state index in [9.17, 15) is 13.2 Å². The number of sulfonamides is 1. The minimum atomic E-state index is -3.68. The molecule has 0 aliphatic heterocycles. The van der Waals surface area contributed by atoms with Gasteiger partial charge in [-0.25, -0.2) is 8.42 Å². The van der Waals surface area contributed by atoms with Crippen LogP contribution in [0.5, 0.6) is 0 Å². The van der Waals surface area contributed by atoms with Gasteiger partial charge in [0.25, 0.3) is 0 Å². The Hall–Kier alpha value is -1.76. The van der Waals surface area contributed by atoms with Gasteiger partial charge < -0.3 is 5.32 Å². The lowest BCUT2D eigenvalue weighted by atomic mass is 10.1. The van der Waals surface area contributed by atoms with Crippen LogP contribution < -0.4 is 9.62 Å². The molecule has 2 aromatic carbocycles. The van der Waals surface area contributed by atoms with E-state index in [1.165, 1.54) is 0 Å². The van der Waals surface area contributed by atoms with Crippen LogP contribution in [0.3, 0.4) is 0 Å². The van der Waals surface area contributed by atoms with Crippen molar-refractivity contribution in [2.24, 2.45) is 0 Å². The van der Waals surface area contributed by atoms with E-state index in [1.807, 2.05) is 24.3 Å². The predicted octanol–water partition coefficient (Wildman–Crippen LogP) is 4.21. The van der Waals surface area contributed by atoms with Gasteiger partial charge in [0, 0.05) is 16.6 Å². The molecule has 0 bridgehead atoms. The first kappa shape index (κ1) is 22.5. The zero-order valence-corrected chi connectivity index (χ0v) is 18.4. The van der Waals surface area contributed by atoms with Crippen LogP contribution in [0.15, 0.2) is 42.5 Å². The fourth-order valence-electron chi connectivity index (χ4n) is 2.94. The standard InChI is InChI=1S/C20H24Cl2N2O3S/c1-14-10-11-17(21)13-19(14)24(28(3,26)27)15(2)20(25)23-12-6-8-16-7-4-5-9-18(16)22/h4-5,7,9-11,13,15H,6,8,12H2,1-3H3,(H,23,25)/t15-/m0/s1. The molecule has 1 amide bonds. The smallest absolute Gasteiger partial charge is 0.243 e. The maximum absolute atomic E-state index is 12.6. The Labute approximate surface area is 176 Å². The summed E-state index contributed by atoms with van der Waals surface area (Å²) < 4.78 is 25.9. The number of aryl methyl sites for hydroxylation is 2. The average molecular weight is 443 g/mol. The first-order valence-electron chi connectivity index (χ1n) is 8.88. The molecule has 28 heavy (non-hydrogen) atoms. The molecule has 0 aliphatic rings. The SMILES string of the molecule is Cc1ccc(Cl)cc1N([C@@H](C)C(=O)NCCCc1ccccc1Cl)S(C)(=O)=O. The van der Waals surface area contributed by atoms with Crippen molar-refractivity contribution in [1.82, 2.24) is 5.32 Å². The highest BCUT2D eigenvalue weighted by Gasteiger charge is 2.30. The number of hydrogen-bond donors (Lipinski definition) is 1. The fourth-order valence-corrected chi connectivity index (χ4v) is 4.56. The lowest BCUT2D eigenvalue weighted by Gasteiger charge is -2.29. The van der Waals surface area contributed by atoms with Gasteiger partial charge >= 0.3 is 0 Å². The van der Waals surface area contributed by atoms with E-state index in [-0.39, 0.29) is 5.91 Å². The normalized spacial score (nSPS) is 12.5. The van der Waals surface area contributed by atoms with E-state index in [0.717, 1.165) is 22.5 Å².